The van der Waals surface area contributed by atoms with Crippen molar-refractivity contribution in [2.45, 2.75) is 38.3 Å². The molecular formula is C24H28FN7O2S. The van der Waals surface area contributed by atoms with Crippen LogP contribution in [0, 0.1) is 5.95 Å². The van der Waals surface area contributed by atoms with Crippen molar-refractivity contribution in [2.75, 3.05) is 35.7 Å². The fourth-order valence-corrected chi connectivity index (χ4v) is 5.69. The number of fused-ring (bicyclic) bond motifs is 1. The van der Waals surface area contributed by atoms with Crippen LogP contribution in [-0.4, -0.2) is 60.3 Å². The molecule has 0 saturated carbocycles. The lowest BCUT2D eigenvalue weighted by atomic mass is 9.99. The number of nitrogens with one attached hydrogen (secondary N) is 1. The maximum Gasteiger partial charge on any atom is 0.216 e. The molecule has 3 aromatic heterocycles. The Balaban J connectivity index is 1.34. The molecule has 0 aliphatic carbocycles. The molecule has 0 amide bonds. The van der Waals surface area contributed by atoms with Crippen molar-refractivity contribution in [3.05, 3.63) is 59.9 Å². The summed E-state index contributed by atoms with van der Waals surface area (Å²) < 4.78 is 40.3. The maximum absolute atomic E-state index is 14.6. The number of rotatable bonds is 5. The van der Waals surface area contributed by atoms with E-state index < -0.39 is 16.0 Å². The zero-order valence-corrected chi connectivity index (χ0v) is 20.5. The van der Waals surface area contributed by atoms with Gasteiger partial charge in [0.05, 0.1) is 18.0 Å². The normalized spacial score (nSPS) is 19.0. The van der Waals surface area contributed by atoms with E-state index in [4.69, 9.17) is 4.98 Å². The molecule has 2 aliphatic rings. The van der Waals surface area contributed by atoms with Gasteiger partial charge in [-0.3, -0.25) is 4.98 Å². The fraction of sp³-hybridized carbons (Fsp3) is 0.417. The second-order valence-corrected chi connectivity index (χ2v) is 10.9. The first kappa shape index (κ1) is 23.6. The molecule has 9 nitrogen and oxygen atoms in total. The van der Waals surface area contributed by atoms with E-state index in [9.17, 15) is 12.8 Å². The molecule has 0 spiro atoms. The number of hydrogen-bond donors (Lipinski definition) is 1. The molecule has 1 N–H and O–H groups in total. The number of halogens is 1. The maximum atomic E-state index is 14.6. The zero-order valence-electron chi connectivity index (χ0n) is 19.7. The van der Waals surface area contributed by atoms with Crippen LogP contribution in [0.4, 0.5) is 15.9 Å². The highest BCUT2D eigenvalue weighted by atomic mass is 32.2. The van der Waals surface area contributed by atoms with Gasteiger partial charge in [-0.15, -0.1) is 0 Å². The van der Waals surface area contributed by atoms with Crippen molar-refractivity contribution < 1.29 is 12.8 Å². The minimum absolute atomic E-state index is 0.0663. The third-order valence-electron chi connectivity index (χ3n) is 6.60. The largest absolute Gasteiger partial charge is 0.371 e. The molecule has 1 fully saturated rings. The molecule has 0 aromatic carbocycles. The summed E-state index contributed by atoms with van der Waals surface area (Å²) in [5, 5.41) is 0. The average Bonchev–Trinajstić information content (AvgIpc) is 2.84. The highest BCUT2D eigenvalue weighted by Gasteiger charge is 2.29. The number of hydrogen-bond acceptors (Lipinski definition) is 8. The molecule has 11 heteroatoms. The number of piperidine rings is 1. The molecule has 0 bridgehead atoms. The van der Waals surface area contributed by atoms with Crippen LogP contribution in [0.25, 0.3) is 11.5 Å². The Morgan fingerprint density at radius 3 is 2.60 bits per heavy atom. The first-order chi connectivity index (χ1) is 16.8. The Kier molecular flexibility index (Phi) is 6.37. The summed E-state index contributed by atoms with van der Waals surface area (Å²) in [6.45, 7) is 3.98. The van der Waals surface area contributed by atoms with Crippen molar-refractivity contribution >= 4 is 21.5 Å². The van der Waals surface area contributed by atoms with Gasteiger partial charge in [-0.1, -0.05) is 6.07 Å². The Bertz CT molecular complexity index is 1310. The summed E-state index contributed by atoms with van der Waals surface area (Å²) >= 11 is 0. The number of aromatic nitrogens is 4. The van der Waals surface area contributed by atoms with Gasteiger partial charge in [0.1, 0.15) is 11.5 Å². The third-order valence-corrected chi connectivity index (χ3v) is 7.36. The smallest absolute Gasteiger partial charge is 0.216 e. The molecule has 5 rings (SSSR count). The molecule has 3 aromatic rings. The summed E-state index contributed by atoms with van der Waals surface area (Å²) in [7, 11) is -3.24. The van der Waals surface area contributed by atoms with E-state index in [2.05, 4.69) is 36.4 Å². The molecule has 1 unspecified atom stereocenters. The number of nitrogens with zero attached hydrogens (tertiary/aromatic N) is 6. The monoisotopic (exact) mass is 497 g/mol. The van der Waals surface area contributed by atoms with Gasteiger partial charge >= 0.3 is 0 Å². The Hall–Kier alpha value is -3.18. The van der Waals surface area contributed by atoms with E-state index in [1.54, 1.807) is 6.20 Å². The van der Waals surface area contributed by atoms with Crippen molar-refractivity contribution in [3.8, 4) is 11.5 Å². The van der Waals surface area contributed by atoms with Gasteiger partial charge in [0.2, 0.25) is 16.0 Å². The van der Waals surface area contributed by atoms with Crippen molar-refractivity contribution in [3.63, 3.8) is 0 Å². The number of sulfonamides is 1. The molecule has 2 aliphatic heterocycles. The van der Waals surface area contributed by atoms with Crippen LogP contribution in [0.1, 0.15) is 37.1 Å². The van der Waals surface area contributed by atoms with E-state index in [1.807, 2.05) is 30.5 Å². The Labute approximate surface area is 204 Å². The Morgan fingerprint density at radius 1 is 1.09 bits per heavy atom. The summed E-state index contributed by atoms with van der Waals surface area (Å²) in [5.74, 6) is 0.641. The van der Waals surface area contributed by atoms with E-state index >= 15 is 0 Å². The first-order valence-corrected chi connectivity index (χ1v) is 13.6. The van der Waals surface area contributed by atoms with Crippen LogP contribution in [0.3, 0.4) is 0 Å². The molecule has 1 saturated heterocycles. The Morgan fingerprint density at radius 2 is 1.89 bits per heavy atom. The average molecular weight is 498 g/mol. The topological polar surface area (TPSA) is 104 Å². The fourth-order valence-electron chi connectivity index (χ4n) is 4.85. The van der Waals surface area contributed by atoms with Crippen LogP contribution in [0.5, 0.6) is 0 Å². The number of pyridine rings is 2. The highest BCUT2D eigenvalue weighted by Crippen LogP contribution is 2.34. The van der Waals surface area contributed by atoms with Gasteiger partial charge in [-0.2, -0.15) is 4.39 Å². The summed E-state index contributed by atoms with van der Waals surface area (Å²) in [6.07, 6.45) is 6.75. The molecule has 0 radical (unpaired) electrons. The van der Waals surface area contributed by atoms with Gasteiger partial charge in [0.15, 0.2) is 5.82 Å². The molecule has 184 valence electrons. The van der Waals surface area contributed by atoms with Crippen molar-refractivity contribution in [1.29, 1.82) is 0 Å². The lowest BCUT2D eigenvalue weighted by molar-refractivity contribution is 0.461. The first-order valence-electron chi connectivity index (χ1n) is 11.7. The van der Waals surface area contributed by atoms with E-state index in [0.717, 1.165) is 22.6 Å². The van der Waals surface area contributed by atoms with Gasteiger partial charge in [0.25, 0.3) is 0 Å². The van der Waals surface area contributed by atoms with Crippen LogP contribution in [-0.2, 0) is 16.4 Å². The molecular weight excluding hydrogens is 469 g/mol. The van der Waals surface area contributed by atoms with Gasteiger partial charge in [-0.25, -0.2) is 28.1 Å². The van der Waals surface area contributed by atoms with E-state index in [1.165, 1.54) is 12.3 Å². The standard InChI is InChI=1S/C24H28FN7O2S/c1-16-19-15-27-24(21-5-3-4-9-26-21)28-20(19)8-12-32(16)23-14-18(13-22(25)29-23)31-10-6-17(7-11-31)30-35(2,33)34/h3-5,9,13-17,30H,6-8,10-12H2,1-2H3. The SMILES string of the molecule is CC1c2cnc(-c3ccccn3)nc2CCN1c1cc(N2CCC(NS(C)(=O)=O)CC2)cc(F)n1. The molecule has 1 atom stereocenters. The highest BCUT2D eigenvalue weighted by molar-refractivity contribution is 7.88. The van der Waals surface area contributed by atoms with E-state index in [-0.39, 0.29) is 12.1 Å². The number of anilines is 2. The second-order valence-electron chi connectivity index (χ2n) is 9.09. The van der Waals surface area contributed by atoms with Gasteiger partial charge in [0, 0.05) is 67.9 Å². The summed E-state index contributed by atoms with van der Waals surface area (Å²) in [5.41, 5.74) is 3.46. The van der Waals surface area contributed by atoms with Gasteiger partial charge < -0.3 is 9.80 Å². The predicted molar refractivity (Wildman–Crippen MR) is 132 cm³/mol. The van der Waals surface area contributed by atoms with Crippen LogP contribution in [0.15, 0.2) is 42.7 Å². The second kappa shape index (κ2) is 9.46. The lowest BCUT2D eigenvalue weighted by Crippen LogP contribution is -2.44. The minimum Gasteiger partial charge on any atom is -0.371 e. The summed E-state index contributed by atoms with van der Waals surface area (Å²) in [4.78, 5) is 22.0. The van der Waals surface area contributed by atoms with E-state index in [0.29, 0.717) is 50.5 Å². The lowest BCUT2D eigenvalue weighted by Gasteiger charge is -2.37. The molecule has 5 heterocycles. The predicted octanol–water partition coefficient (Wildman–Crippen LogP) is 2.71. The van der Waals surface area contributed by atoms with Crippen LogP contribution in [0.2, 0.25) is 0 Å². The van der Waals surface area contributed by atoms with Crippen LogP contribution < -0.4 is 14.5 Å². The van der Waals surface area contributed by atoms with Crippen molar-refractivity contribution in [1.82, 2.24) is 24.7 Å². The van der Waals surface area contributed by atoms with Crippen LogP contribution >= 0.6 is 0 Å². The zero-order chi connectivity index (χ0) is 24.6. The summed E-state index contributed by atoms with van der Waals surface area (Å²) in [6, 6.07) is 8.85. The minimum atomic E-state index is -3.24. The van der Waals surface area contributed by atoms with Gasteiger partial charge in [-0.05, 0) is 31.9 Å². The van der Waals surface area contributed by atoms with Crippen molar-refractivity contribution in [2.24, 2.45) is 0 Å². The molecule has 35 heavy (non-hydrogen) atoms. The third kappa shape index (κ3) is 5.25. The quantitative estimate of drug-likeness (QED) is 0.537.